The molecule has 4 aromatic rings. The van der Waals surface area contributed by atoms with Gasteiger partial charge in [-0.15, -0.1) is 0 Å². The first-order chi connectivity index (χ1) is 16.5. The molecule has 0 bridgehead atoms. The van der Waals surface area contributed by atoms with Gasteiger partial charge in [0.25, 0.3) is 5.69 Å². The number of aromatic nitrogens is 3. The maximum atomic E-state index is 12.6. The Morgan fingerprint density at radius 3 is 2.68 bits per heavy atom. The van der Waals surface area contributed by atoms with Gasteiger partial charge >= 0.3 is 6.03 Å². The number of imidazole rings is 1. The minimum atomic E-state index is -0.478. The van der Waals surface area contributed by atoms with Crippen LogP contribution in [0.2, 0.25) is 0 Å². The standard InChI is InChI=1S/C24H23N7O3/c32-24(26-18-4-3-5-19(15-18)31(33)34)30-12-10-29(11-13-30)16-17-7-8-20-22(14-17)28-23(27-20)21-6-1-2-9-25-21/h1-9,14-15H,10-13,16H2,(H,26,32)(H,27,28). The molecular formula is C24H23N7O3. The molecule has 0 radical (unpaired) electrons. The van der Waals surface area contributed by atoms with Crippen LogP contribution in [0.5, 0.6) is 0 Å². The van der Waals surface area contributed by atoms with Crippen LogP contribution in [-0.4, -0.2) is 61.9 Å². The van der Waals surface area contributed by atoms with E-state index in [1.165, 1.54) is 17.7 Å². The summed E-state index contributed by atoms with van der Waals surface area (Å²) in [6.07, 6.45) is 1.75. The highest BCUT2D eigenvalue weighted by atomic mass is 16.6. The second kappa shape index (κ2) is 9.28. The zero-order chi connectivity index (χ0) is 23.5. The SMILES string of the molecule is O=C(Nc1cccc([N+](=O)[O-])c1)N1CCN(Cc2ccc3nc(-c4ccccn4)[nH]c3c2)CC1. The van der Waals surface area contributed by atoms with E-state index in [0.717, 1.165) is 42.2 Å². The number of non-ortho nitro benzene ring substituents is 1. The van der Waals surface area contributed by atoms with Crippen LogP contribution in [0.3, 0.4) is 0 Å². The molecule has 1 aliphatic rings. The highest BCUT2D eigenvalue weighted by molar-refractivity contribution is 5.89. The highest BCUT2D eigenvalue weighted by Crippen LogP contribution is 2.21. The Morgan fingerprint density at radius 2 is 1.91 bits per heavy atom. The average molecular weight is 457 g/mol. The molecule has 0 spiro atoms. The number of H-pyrrole nitrogens is 1. The number of nitro groups is 1. The number of nitrogens with zero attached hydrogens (tertiary/aromatic N) is 5. The Balaban J connectivity index is 1.18. The molecule has 0 aliphatic carbocycles. The number of fused-ring (bicyclic) bond motifs is 1. The first-order valence-electron chi connectivity index (χ1n) is 11.0. The van der Waals surface area contributed by atoms with Crippen molar-refractivity contribution in [1.29, 1.82) is 0 Å². The lowest BCUT2D eigenvalue weighted by Gasteiger charge is -2.34. The lowest BCUT2D eigenvalue weighted by Crippen LogP contribution is -2.49. The van der Waals surface area contributed by atoms with Crippen LogP contribution in [0.4, 0.5) is 16.2 Å². The first-order valence-corrected chi connectivity index (χ1v) is 11.0. The van der Waals surface area contributed by atoms with Crippen LogP contribution in [0.25, 0.3) is 22.6 Å². The zero-order valence-corrected chi connectivity index (χ0v) is 18.3. The van der Waals surface area contributed by atoms with Gasteiger partial charge in [0.1, 0.15) is 5.69 Å². The summed E-state index contributed by atoms with van der Waals surface area (Å²) in [5.74, 6) is 0.746. The highest BCUT2D eigenvalue weighted by Gasteiger charge is 2.22. The average Bonchev–Trinajstić information content (AvgIpc) is 3.29. The lowest BCUT2D eigenvalue weighted by atomic mass is 10.1. The fourth-order valence-corrected chi connectivity index (χ4v) is 4.05. The number of carbonyl (C=O) groups is 1. The smallest absolute Gasteiger partial charge is 0.321 e. The Morgan fingerprint density at radius 1 is 1.06 bits per heavy atom. The Hall–Kier alpha value is -4.31. The Kier molecular flexibility index (Phi) is 5.88. The maximum absolute atomic E-state index is 12.6. The van der Waals surface area contributed by atoms with Crippen molar-refractivity contribution in [3.8, 4) is 11.5 Å². The molecule has 5 rings (SSSR count). The lowest BCUT2D eigenvalue weighted by molar-refractivity contribution is -0.384. The molecule has 34 heavy (non-hydrogen) atoms. The van der Waals surface area contributed by atoms with Crippen molar-refractivity contribution in [1.82, 2.24) is 24.8 Å². The van der Waals surface area contributed by atoms with E-state index in [-0.39, 0.29) is 11.7 Å². The van der Waals surface area contributed by atoms with Crippen molar-refractivity contribution >= 4 is 28.4 Å². The van der Waals surface area contributed by atoms with Gasteiger partial charge in [-0.3, -0.25) is 20.0 Å². The summed E-state index contributed by atoms with van der Waals surface area (Å²) in [6.45, 7) is 3.41. The monoisotopic (exact) mass is 457 g/mol. The predicted octanol–water partition coefficient (Wildman–Crippen LogP) is 3.88. The number of anilines is 1. The third kappa shape index (κ3) is 4.71. The van der Waals surface area contributed by atoms with Crippen LogP contribution in [0, 0.1) is 10.1 Å². The zero-order valence-electron chi connectivity index (χ0n) is 18.3. The van der Waals surface area contributed by atoms with E-state index in [1.54, 1.807) is 23.2 Å². The van der Waals surface area contributed by atoms with Gasteiger partial charge in [-0.25, -0.2) is 9.78 Å². The largest absolute Gasteiger partial charge is 0.337 e. The normalized spacial score (nSPS) is 14.3. The van der Waals surface area contributed by atoms with Gasteiger partial charge in [0.05, 0.1) is 16.0 Å². The van der Waals surface area contributed by atoms with Crippen LogP contribution in [0.1, 0.15) is 5.56 Å². The second-order valence-electron chi connectivity index (χ2n) is 8.15. The molecule has 2 N–H and O–H groups in total. The number of piperazine rings is 1. The summed E-state index contributed by atoms with van der Waals surface area (Å²) < 4.78 is 0. The Labute approximate surface area is 195 Å². The van der Waals surface area contributed by atoms with Crippen molar-refractivity contribution in [2.75, 3.05) is 31.5 Å². The van der Waals surface area contributed by atoms with Crippen molar-refractivity contribution < 1.29 is 9.72 Å². The number of carbonyl (C=O) groups excluding carboxylic acids is 1. The number of pyridine rings is 1. The summed E-state index contributed by atoms with van der Waals surface area (Å²) in [5, 5.41) is 13.7. The molecule has 0 saturated carbocycles. The minimum absolute atomic E-state index is 0.0518. The van der Waals surface area contributed by atoms with E-state index in [0.29, 0.717) is 18.8 Å². The van der Waals surface area contributed by atoms with Crippen molar-refractivity contribution in [3.63, 3.8) is 0 Å². The molecule has 172 valence electrons. The number of nitro benzene ring substituents is 1. The number of amides is 2. The summed E-state index contributed by atoms with van der Waals surface area (Å²) in [5.41, 5.74) is 4.20. The second-order valence-corrected chi connectivity index (χ2v) is 8.15. The number of nitrogens with one attached hydrogen (secondary N) is 2. The summed E-state index contributed by atoms with van der Waals surface area (Å²) in [7, 11) is 0. The third-order valence-corrected chi connectivity index (χ3v) is 5.83. The van der Waals surface area contributed by atoms with E-state index in [2.05, 4.69) is 37.3 Å². The number of rotatable bonds is 5. The number of benzene rings is 2. The topological polar surface area (TPSA) is 120 Å². The van der Waals surface area contributed by atoms with Crippen molar-refractivity contribution in [2.24, 2.45) is 0 Å². The summed E-state index contributed by atoms with van der Waals surface area (Å²) in [6, 6.07) is 17.6. The van der Waals surface area contributed by atoms with Gasteiger partial charge in [-0.1, -0.05) is 18.2 Å². The molecule has 10 nitrogen and oxygen atoms in total. The fourth-order valence-electron chi connectivity index (χ4n) is 4.05. The van der Waals surface area contributed by atoms with Gasteiger partial charge in [-0.2, -0.15) is 0 Å². The quantitative estimate of drug-likeness (QED) is 0.347. The fraction of sp³-hybridized carbons (Fsp3) is 0.208. The molecule has 2 amide bonds. The summed E-state index contributed by atoms with van der Waals surface area (Å²) >= 11 is 0. The minimum Gasteiger partial charge on any atom is -0.337 e. The molecule has 1 aliphatic heterocycles. The predicted molar refractivity (Wildman–Crippen MR) is 128 cm³/mol. The molecule has 1 fully saturated rings. The molecule has 1 saturated heterocycles. The van der Waals surface area contributed by atoms with E-state index in [1.807, 2.05) is 24.3 Å². The number of urea groups is 1. The van der Waals surface area contributed by atoms with E-state index in [4.69, 9.17) is 0 Å². The molecule has 10 heteroatoms. The Bertz CT molecular complexity index is 1330. The summed E-state index contributed by atoms with van der Waals surface area (Å²) in [4.78, 5) is 39.4. The number of hydrogen-bond acceptors (Lipinski definition) is 6. The molecule has 3 heterocycles. The van der Waals surface area contributed by atoms with Gasteiger partial charge in [0, 0.05) is 56.7 Å². The molecule has 0 atom stereocenters. The van der Waals surface area contributed by atoms with E-state index < -0.39 is 4.92 Å². The van der Waals surface area contributed by atoms with Crippen LogP contribution < -0.4 is 5.32 Å². The van der Waals surface area contributed by atoms with E-state index in [9.17, 15) is 14.9 Å². The van der Waals surface area contributed by atoms with Gasteiger partial charge in [0.15, 0.2) is 5.82 Å². The number of hydrogen-bond donors (Lipinski definition) is 2. The van der Waals surface area contributed by atoms with Crippen molar-refractivity contribution in [3.05, 3.63) is 82.5 Å². The van der Waals surface area contributed by atoms with E-state index >= 15 is 0 Å². The van der Waals surface area contributed by atoms with Gasteiger partial charge < -0.3 is 15.2 Å². The number of aromatic amines is 1. The van der Waals surface area contributed by atoms with Crippen molar-refractivity contribution in [2.45, 2.75) is 6.54 Å². The first kappa shape index (κ1) is 21.5. The maximum Gasteiger partial charge on any atom is 0.321 e. The van der Waals surface area contributed by atoms with Crippen LogP contribution in [-0.2, 0) is 6.54 Å². The molecule has 2 aromatic carbocycles. The van der Waals surface area contributed by atoms with Crippen LogP contribution >= 0.6 is 0 Å². The van der Waals surface area contributed by atoms with Gasteiger partial charge in [0.2, 0.25) is 0 Å². The van der Waals surface area contributed by atoms with Crippen LogP contribution in [0.15, 0.2) is 66.9 Å². The third-order valence-electron chi connectivity index (χ3n) is 5.83. The molecule has 0 unspecified atom stereocenters. The molecule has 2 aromatic heterocycles. The van der Waals surface area contributed by atoms with Gasteiger partial charge in [-0.05, 0) is 35.9 Å². The molecular weight excluding hydrogens is 434 g/mol.